The van der Waals surface area contributed by atoms with Gasteiger partial charge in [-0.05, 0) is 65.2 Å². The van der Waals surface area contributed by atoms with Gasteiger partial charge in [-0.1, -0.05) is 61.2 Å². The highest BCUT2D eigenvalue weighted by molar-refractivity contribution is 6.96. The van der Waals surface area contributed by atoms with Gasteiger partial charge in [0.05, 0.1) is 5.76 Å². The lowest BCUT2D eigenvalue weighted by Gasteiger charge is -2.36. The number of allylic oxidation sites excluding steroid dienone is 4. The number of hydrogen-bond donors (Lipinski definition) is 0. The molecule has 8 rings (SSSR count). The van der Waals surface area contributed by atoms with Crippen molar-refractivity contribution in [3.8, 4) is 34.5 Å². The molecule has 0 aliphatic carbocycles. The molecule has 6 heteroatoms. The number of fused-ring (bicyclic) bond motifs is 4. The minimum atomic E-state index is -0.0653. The summed E-state index contributed by atoms with van der Waals surface area (Å²) in [5.41, 5.74) is 6.37. The molecular weight excluding hydrogens is 458 g/mol. The Bertz CT molecular complexity index is 1740. The Morgan fingerprint density at radius 2 is 1.05 bits per heavy atom. The van der Waals surface area contributed by atoms with Crippen molar-refractivity contribution in [2.45, 2.75) is 6.92 Å². The maximum absolute atomic E-state index is 6.39. The maximum atomic E-state index is 6.39. The predicted molar refractivity (Wildman–Crippen MR) is 147 cm³/mol. The van der Waals surface area contributed by atoms with Crippen LogP contribution >= 0.6 is 0 Å². The minimum Gasteiger partial charge on any atom is -0.463 e. The molecule has 0 aromatic heterocycles. The van der Waals surface area contributed by atoms with Gasteiger partial charge in [0.15, 0.2) is 0 Å². The van der Waals surface area contributed by atoms with E-state index >= 15 is 0 Å². The van der Waals surface area contributed by atoms with Crippen molar-refractivity contribution in [2.75, 3.05) is 0 Å². The van der Waals surface area contributed by atoms with E-state index in [1.807, 2.05) is 67.6 Å². The van der Waals surface area contributed by atoms with Gasteiger partial charge in [0.2, 0.25) is 0 Å². The molecular formula is C31H20B2O4. The third-order valence-electron chi connectivity index (χ3n) is 7.69. The maximum Gasteiger partial charge on any atom is 0.260 e. The molecule has 4 aliphatic rings. The zero-order valence-electron chi connectivity index (χ0n) is 20.2. The summed E-state index contributed by atoms with van der Waals surface area (Å²) in [6.07, 6.45) is 2.22. The molecule has 4 aromatic carbocycles. The van der Waals surface area contributed by atoms with Gasteiger partial charge >= 0.3 is 0 Å². The van der Waals surface area contributed by atoms with Crippen LogP contribution < -0.4 is 40.8 Å². The highest BCUT2D eigenvalue weighted by Gasteiger charge is 2.44. The summed E-state index contributed by atoms with van der Waals surface area (Å²) in [6.45, 7) is 6.30. The van der Waals surface area contributed by atoms with Crippen LogP contribution in [0.3, 0.4) is 0 Å². The standard InChI is InChI=1S/C31H20B2O4/c1-18-22(32-20-9-3-5-11-24(20)36-28-15-7-13-26(34-18)30(28)32)17-23-19(2)35-27-14-8-16-29-31(27)33(23)21-10-4-6-12-25(21)37-29/h3-17H,1H2,2H3/b22-17+. The first-order valence-electron chi connectivity index (χ1n) is 12.4. The van der Waals surface area contributed by atoms with Crippen LogP contribution in [0.5, 0.6) is 34.5 Å². The molecule has 4 nitrogen and oxygen atoms in total. The largest absolute Gasteiger partial charge is 0.463 e. The van der Waals surface area contributed by atoms with E-state index in [4.69, 9.17) is 18.9 Å². The first kappa shape index (κ1) is 20.6. The zero-order chi connectivity index (χ0) is 24.7. The van der Waals surface area contributed by atoms with E-state index in [1.165, 1.54) is 0 Å². The second-order valence-corrected chi connectivity index (χ2v) is 9.72. The van der Waals surface area contributed by atoms with Gasteiger partial charge < -0.3 is 18.9 Å². The fourth-order valence-corrected chi connectivity index (χ4v) is 6.09. The van der Waals surface area contributed by atoms with E-state index in [2.05, 4.69) is 36.9 Å². The Labute approximate surface area is 215 Å². The molecule has 0 saturated carbocycles. The fraction of sp³-hybridized carbons (Fsp3) is 0.0323. The molecule has 0 radical (unpaired) electrons. The minimum absolute atomic E-state index is 0.0306. The SMILES string of the molecule is C=C1Oc2cccc3c2B(/C1=C/C1=C(C)Oc2cccc4c2B1c1ccccc1O4)c1ccccc1O3. The molecule has 4 aromatic rings. The number of para-hydroxylation sites is 2. The summed E-state index contributed by atoms with van der Waals surface area (Å²) < 4.78 is 25.3. The number of rotatable bonds is 1. The number of hydrogen-bond acceptors (Lipinski definition) is 4. The molecule has 0 spiro atoms. The molecule has 0 N–H and O–H groups in total. The lowest BCUT2D eigenvalue weighted by Crippen LogP contribution is -2.53. The molecule has 4 heterocycles. The van der Waals surface area contributed by atoms with Crippen molar-refractivity contribution in [3.05, 3.63) is 120 Å². The Balaban J connectivity index is 1.37. The van der Waals surface area contributed by atoms with E-state index < -0.39 is 0 Å². The quantitative estimate of drug-likeness (QED) is 0.381. The molecule has 0 fully saturated rings. The van der Waals surface area contributed by atoms with Crippen LogP contribution in [0, 0.1) is 0 Å². The number of ether oxygens (including phenoxy) is 4. The Kier molecular flexibility index (Phi) is 4.16. The second-order valence-electron chi connectivity index (χ2n) is 9.72. The molecule has 0 saturated heterocycles. The smallest absolute Gasteiger partial charge is 0.260 e. The van der Waals surface area contributed by atoms with Crippen LogP contribution in [0.1, 0.15) is 6.92 Å². The van der Waals surface area contributed by atoms with Crippen LogP contribution in [0.2, 0.25) is 0 Å². The third-order valence-corrected chi connectivity index (χ3v) is 7.69. The van der Waals surface area contributed by atoms with E-state index in [-0.39, 0.29) is 13.4 Å². The molecule has 0 atom stereocenters. The lowest BCUT2D eigenvalue weighted by atomic mass is 9.31. The molecule has 174 valence electrons. The van der Waals surface area contributed by atoms with Gasteiger partial charge in [-0.2, -0.15) is 0 Å². The van der Waals surface area contributed by atoms with Crippen LogP contribution in [0.15, 0.2) is 120 Å². The van der Waals surface area contributed by atoms with Crippen LogP contribution in [0.25, 0.3) is 0 Å². The molecule has 37 heavy (non-hydrogen) atoms. The summed E-state index contributed by atoms with van der Waals surface area (Å²) in [4.78, 5) is 0. The topological polar surface area (TPSA) is 36.9 Å². The second kappa shape index (κ2) is 7.47. The summed E-state index contributed by atoms with van der Waals surface area (Å²) >= 11 is 0. The van der Waals surface area contributed by atoms with Gasteiger partial charge in [-0.25, -0.2) is 0 Å². The van der Waals surface area contributed by atoms with Crippen LogP contribution in [-0.4, -0.2) is 13.4 Å². The fourth-order valence-electron chi connectivity index (χ4n) is 6.09. The van der Waals surface area contributed by atoms with Gasteiger partial charge in [0.1, 0.15) is 40.3 Å². The van der Waals surface area contributed by atoms with Crippen molar-refractivity contribution in [3.63, 3.8) is 0 Å². The Morgan fingerprint density at radius 3 is 1.70 bits per heavy atom. The van der Waals surface area contributed by atoms with E-state index in [0.717, 1.165) is 73.1 Å². The van der Waals surface area contributed by atoms with Gasteiger partial charge in [0.25, 0.3) is 13.4 Å². The highest BCUT2D eigenvalue weighted by Crippen LogP contribution is 2.39. The molecule has 0 unspecified atom stereocenters. The van der Waals surface area contributed by atoms with Gasteiger partial charge in [-0.3, -0.25) is 0 Å². The zero-order valence-corrected chi connectivity index (χ0v) is 20.2. The summed E-state index contributed by atoms with van der Waals surface area (Å²) in [5.74, 6) is 6.46. The van der Waals surface area contributed by atoms with Gasteiger partial charge in [0, 0.05) is 10.9 Å². The molecule has 0 amide bonds. The van der Waals surface area contributed by atoms with Crippen molar-refractivity contribution < 1.29 is 18.9 Å². The highest BCUT2D eigenvalue weighted by atomic mass is 16.5. The third kappa shape index (κ3) is 2.87. The van der Waals surface area contributed by atoms with E-state index in [9.17, 15) is 0 Å². The van der Waals surface area contributed by atoms with E-state index in [1.54, 1.807) is 0 Å². The first-order valence-corrected chi connectivity index (χ1v) is 12.4. The van der Waals surface area contributed by atoms with Crippen molar-refractivity contribution in [1.29, 1.82) is 0 Å². The molecule has 4 aliphatic heterocycles. The lowest BCUT2D eigenvalue weighted by molar-refractivity contribution is 0.419. The van der Waals surface area contributed by atoms with Gasteiger partial charge in [-0.15, -0.1) is 0 Å². The number of benzene rings is 4. The molecule has 0 bridgehead atoms. The summed E-state index contributed by atoms with van der Waals surface area (Å²) in [7, 11) is 0. The predicted octanol–water partition coefficient (Wildman–Crippen LogP) is 4.39. The Hall–Kier alpha value is -4.57. The Morgan fingerprint density at radius 1 is 0.568 bits per heavy atom. The van der Waals surface area contributed by atoms with E-state index in [0.29, 0.717) is 5.76 Å². The normalized spacial score (nSPS) is 17.0. The van der Waals surface area contributed by atoms with Crippen molar-refractivity contribution >= 4 is 35.3 Å². The average Bonchev–Trinajstić information content (AvgIpc) is 2.91. The van der Waals surface area contributed by atoms with Crippen LogP contribution in [-0.2, 0) is 0 Å². The van der Waals surface area contributed by atoms with Crippen molar-refractivity contribution in [2.24, 2.45) is 0 Å². The first-order chi connectivity index (χ1) is 18.2. The monoisotopic (exact) mass is 478 g/mol. The summed E-state index contributed by atoms with van der Waals surface area (Å²) in [5, 5.41) is 0. The average molecular weight is 478 g/mol. The van der Waals surface area contributed by atoms with Crippen molar-refractivity contribution in [1.82, 2.24) is 0 Å². The summed E-state index contributed by atoms with van der Waals surface area (Å²) in [6, 6.07) is 28.4. The van der Waals surface area contributed by atoms with Crippen LogP contribution in [0.4, 0.5) is 0 Å².